The molecule has 1 aromatic heterocycles. The smallest absolute Gasteiger partial charge is 0.281 e. The minimum Gasteiger partial charge on any atom is -0.481 e. The lowest BCUT2D eigenvalue weighted by atomic mass is 10.4. The minimum atomic E-state index is -0.0313. The Morgan fingerprint density at radius 1 is 1.56 bits per heavy atom. The summed E-state index contributed by atoms with van der Waals surface area (Å²) in [5, 5.41) is -0.0313. The molecular formula is C9H14N4O2S. The molecule has 1 aromatic rings. The molecule has 1 rings (SSSR count). The highest BCUT2D eigenvalue weighted by atomic mass is 32.2. The monoisotopic (exact) mass is 242 g/mol. The first-order valence-electron chi connectivity index (χ1n) is 4.54. The average Bonchev–Trinajstić information content (AvgIpc) is 2.24. The van der Waals surface area contributed by atoms with E-state index in [-0.39, 0.29) is 11.2 Å². The van der Waals surface area contributed by atoms with Crippen LogP contribution in [0.5, 0.6) is 5.88 Å². The van der Waals surface area contributed by atoms with Gasteiger partial charge < -0.3 is 15.4 Å². The lowest BCUT2D eigenvalue weighted by molar-refractivity contribution is 0.241. The number of rotatable bonds is 3. The second-order valence-corrected chi connectivity index (χ2v) is 4.14. The van der Waals surface area contributed by atoms with Gasteiger partial charge in [0.05, 0.1) is 12.8 Å². The summed E-state index contributed by atoms with van der Waals surface area (Å²) < 4.78 is 4.95. The first-order chi connectivity index (χ1) is 7.52. The van der Waals surface area contributed by atoms with E-state index in [0.29, 0.717) is 17.3 Å². The van der Waals surface area contributed by atoms with Crippen molar-refractivity contribution < 1.29 is 9.53 Å². The molecule has 0 fully saturated rings. The van der Waals surface area contributed by atoms with Crippen LogP contribution in [0.1, 0.15) is 5.69 Å². The lowest BCUT2D eigenvalue weighted by Gasteiger charge is -2.09. The van der Waals surface area contributed by atoms with E-state index in [4.69, 9.17) is 10.5 Å². The molecule has 0 atom stereocenters. The Kier molecular flexibility index (Phi) is 4.36. The third-order valence-corrected chi connectivity index (χ3v) is 2.74. The molecule has 6 nitrogen and oxygen atoms in total. The van der Waals surface area contributed by atoms with Crippen LogP contribution in [0.2, 0.25) is 0 Å². The number of ether oxygens (including phenoxy) is 1. The van der Waals surface area contributed by atoms with Crippen molar-refractivity contribution in [1.29, 1.82) is 0 Å². The summed E-state index contributed by atoms with van der Waals surface area (Å²) in [5.41, 5.74) is 6.17. The Morgan fingerprint density at radius 3 is 2.81 bits per heavy atom. The van der Waals surface area contributed by atoms with Gasteiger partial charge >= 0.3 is 0 Å². The van der Waals surface area contributed by atoms with Crippen molar-refractivity contribution in [3.05, 3.63) is 11.8 Å². The summed E-state index contributed by atoms with van der Waals surface area (Å²) in [5.74, 6) is 0.993. The van der Waals surface area contributed by atoms with Gasteiger partial charge in [0.15, 0.2) is 0 Å². The van der Waals surface area contributed by atoms with Gasteiger partial charge in [0.2, 0.25) is 11.8 Å². The maximum Gasteiger partial charge on any atom is 0.281 e. The number of amides is 1. The molecule has 0 aliphatic heterocycles. The van der Waals surface area contributed by atoms with Gasteiger partial charge in [-0.3, -0.25) is 4.79 Å². The fourth-order valence-electron chi connectivity index (χ4n) is 0.935. The van der Waals surface area contributed by atoms with E-state index >= 15 is 0 Å². The predicted octanol–water partition coefficient (Wildman–Crippen LogP) is 0.982. The summed E-state index contributed by atoms with van der Waals surface area (Å²) in [6.07, 6.45) is 0. The maximum absolute atomic E-state index is 11.3. The highest BCUT2D eigenvalue weighted by molar-refractivity contribution is 8.12. The van der Waals surface area contributed by atoms with E-state index < -0.39 is 0 Å². The molecule has 0 radical (unpaired) electrons. The second-order valence-electron chi connectivity index (χ2n) is 3.21. The molecule has 0 aliphatic rings. The summed E-state index contributed by atoms with van der Waals surface area (Å²) in [6, 6.07) is 1.66. The van der Waals surface area contributed by atoms with Crippen LogP contribution in [-0.4, -0.2) is 41.3 Å². The van der Waals surface area contributed by atoms with Gasteiger partial charge in [-0.2, -0.15) is 4.98 Å². The summed E-state index contributed by atoms with van der Waals surface area (Å²) in [7, 11) is 4.90. The van der Waals surface area contributed by atoms with E-state index in [0.717, 1.165) is 11.8 Å². The third kappa shape index (κ3) is 3.58. The summed E-state index contributed by atoms with van der Waals surface area (Å²) in [4.78, 5) is 20.7. The van der Waals surface area contributed by atoms with Crippen molar-refractivity contribution in [2.24, 2.45) is 0 Å². The van der Waals surface area contributed by atoms with Crippen LogP contribution in [0, 0.1) is 0 Å². The van der Waals surface area contributed by atoms with Crippen molar-refractivity contribution in [2.75, 3.05) is 26.9 Å². The molecule has 0 saturated carbocycles. The summed E-state index contributed by atoms with van der Waals surface area (Å²) in [6.45, 7) is 0. The van der Waals surface area contributed by atoms with Crippen LogP contribution >= 0.6 is 11.8 Å². The van der Waals surface area contributed by atoms with Crippen molar-refractivity contribution in [2.45, 2.75) is 5.75 Å². The second kappa shape index (κ2) is 5.55. The molecule has 0 aromatic carbocycles. The molecule has 0 bridgehead atoms. The number of hydrogen-bond donors (Lipinski definition) is 1. The van der Waals surface area contributed by atoms with Crippen molar-refractivity contribution in [3.63, 3.8) is 0 Å². The third-order valence-electron chi connectivity index (χ3n) is 1.69. The van der Waals surface area contributed by atoms with Gasteiger partial charge in [-0.15, -0.1) is 0 Å². The Morgan fingerprint density at radius 2 is 2.25 bits per heavy atom. The minimum absolute atomic E-state index is 0.0313. The molecule has 16 heavy (non-hydrogen) atoms. The Hall–Kier alpha value is -1.50. The molecule has 88 valence electrons. The number of nitrogen functional groups attached to an aromatic ring is 1. The van der Waals surface area contributed by atoms with Crippen LogP contribution in [-0.2, 0) is 5.75 Å². The summed E-state index contributed by atoms with van der Waals surface area (Å²) >= 11 is 1.15. The largest absolute Gasteiger partial charge is 0.481 e. The zero-order valence-electron chi connectivity index (χ0n) is 9.43. The molecule has 0 saturated heterocycles. The highest BCUT2D eigenvalue weighted by Gasteiger charge is 2.08. The molecule has 2 N–H and O–H groups in total. The van der Waals surface area contributed by atoms with Gasteiger partial charge in [0.1, 0.15) is 0 Å². The molecule has 7 heteroatoms. The number of methoxy groups -OCH3 is 1. The predicted molar refractivity (Wildman–Crippen MR) is 63.4 cm³/mol. The Bertz CT molecular complexity index is 384. The normalized spacial score (nSPS) is 9.94. The topological polar surface area (TPSA) is 81.3 Å². The van der Waals surface area contributed by atoms with E-state index in [2.05, 4.69) is 9.97 Å². The van der Waals surface area contributed by atoms with Gasteiger partial charge in [0.25, 0.3) is 5.24 Å². The van der Waals surface area contributed by atoms with Gasteiger partial charge in [-0.05, 0) is 0 Å². The van der Waals surface area contributed by atoms with E-state index in [9.17, 15) is 4.79 Å². The number of aromatic nitrogens is 2. The lowest BCUT2D eigenvalue weighted by Crippen LogP contribution is -2.16. The number of thioether (sulfide) groups is 1. The first-order valence-corrected chi connectivity index (χ1v) is 5.53. The number of carbonyl (C=O) groups is 1. The van der Waals surface area contributed by atoms with E-state index in [1.54, 1.807) is 20.2 Å². The number of anilines is 1. The van der Waals surface area contributed by atoms with Crippen molar-refractivity contribution >= 4 is 22.9 Å². The fraction of sp³-hybridized carbons (Fsp3) is 0.444. The van der Waals surface area contributed by atoms with Crippen molar-refractivity contribution in [1.82, 2.24) is 14.9 Å². The SMILES string of the molecule is COc1cc(CSC(=O)N(C)C)nc(N)n1. The molecule has 0 unspecified atom stereocenters. The first kappa shape index (κ1) is 12.6. The van der Waals surface area contributed by atoms with Crippen molar-refractivity contribution in [3.8, 4) is 5.88 Å². The van der Waals surface area contributed by atoms with Crippen LogP contribution < -0.4 is 10.5 Å². The molecular weight excluding hydrogens is 228 g/mol. The standard InChI is InChI=1S/C9H14N4O2S/c1-13(2)9(14)16-5-6-4-7(15-3)12-8(10)11-6/h4H,5H2,1-3H3,(H2,10,11,12). The number of nitrogens with two attached hydrogens (primary N) is 1. The van der Waals surface area contributed by atoms with E-state index in [1.807, 2.05) is 0 Å². The zero-order chi connectivity index (χ0) is 12.1. The number of nitrogens with zero attached hydrogens (tertiary/aromatic N) is 3. The van der Waals surface area contributed by atoms with Crippen LogP contribution in [0.15, 0.2) is 6.07 Å². The van der Waals surface area contributed by atoms with Crippen LogP contribution in [0.25, 0.3) is 0 Å². The van der Waals surface area contributed by atoms with Crippen LogP contribution in [0.4, 0.5) is 10.7 Å². The number of hydrogen-bond acceptors (Lipinski definition) is 6. The number of carbonyl (C=O) groups excluding carboxylic acids is 1. The Balaban J connectivity index is 2.67. The maximum atomic E-state index is 11.3. The van der Waals surface area contributed by atoms with Gasteiger partial charge in [0, 0.05) is 25.9 Å². The van der Waals surface area contributed by atoms with Gasteiger partial charge in [-0.25, -0.2) is 4.98 Å². The molecule has 1 amide bonds. The molecule has 1 heterocycles. The van der Waals surface area contributed by atoms with Gasteiger partial charge in [-0.1, -0.05) is 11.8 Å². The average molecular weight is 242 g/mol. The molecule has 0 spiro atoms. The van der Waals surface area contributed by atoms with Crippen LogP contribution in [0.3, 0.4) is 0 Å². The highest BCUT2D eigenvalue weighted by Crippen LogP contribution is 2.17. The molecule has 0 aliphatic carbocycles. The fourth-order valence-corrected chi connectivity index (χ4v) is 1.61. The van der Waals surface area contributed by atoms with E-state index in [1.165, 1.54) is 12.0 Å². The quantitative estimate of drug-likeness (QED) is 0.851. The zero-order valence-corrected chi connectivity index (χ0v) is 10.2. The Labute approximate surface area is 98.2 Å².